The van der Waals surface area contributed by atoms with Crippen LogP contribution in [0.25, 0.3) is 44.2 Å². The third-order valence-corrected chi connectivity index (χ3v) is 13.3. The number of aromatic amines is 2. The Labute approximate surface area is 374 Å². The molecule has 6 atom stereocenters. The van der Waals surface area contributed by atoms with Crippen LogP contribution in [-0.4, -0.2) is 106 Å². The Hall–Kier alpha value is -5.68. The van der Waals surface area contributed by atoms with Crippen molar-refractivity contribution < 1.29 is 38.1 Å². The molecule has 0 spiro atoms. The molecule has 5 heterocycles. The molecular weight excluding hydrogens is 872 g/mol. The number of ether oxygens (including phenoxy) is 4. The number of hydrogen-bond donors (Lipinski definition) is 4. The predicted octanol–water partition coefficient (Wildman–Crippen LogP) is 7.78. The summed E-state index contributed by atoms with van der Waals surface area (Å²) in [6, 6.07) is 12.3. The fraction of sp³-hybridized carbons (Fsp3) is 0.478. The van der Waals surface area contributed by atoms with Gasteiger partial charge in [0.25, 0.3) is 0 Å². The van der Waals surface area contributed by atoms with E-state index in [9.17, 15) is 19.2 Å². The van der Waals surface area contributed by atoms with Crippen LogP contribution in [-0.2, 0) is 30.4 Å². The van der Waals surface area contributed by atoms with E-state index in [-0.39, 0.29) is 47.7 Å². The van der Waals surface area contributed by atoms with Crippen molar-refractivity contribution in [3.63, 3.8) is 0 Å². The van der Waals surface area contributed by atoms with Crippen molar-refractivity contribution in [1.29, 1.82) is 0 Å². The number of H-pyrrole nitrogens is 2. The Morgan fingerprint density at radius 2 is 1.56 bits per heavy atom. The number of aromatic nitrogens is 4. The van der Waals surface area contributed by atoms with Crippen LogP contribution in [0.15, 0.2) is 47.1 Å². The van der Waals surface area contributed by atoms with Crippen LogP contribution < -0.4 is 15.4 Å². The summed E-state index contributed by atoms with van der Waals surface area (Å²) in [6.07, 6.45) is 0.897. The van der Waals surface area contributed by atoms with E-state index in [0.29, 0.717) is 48.1 Å². The minimum absolute atomic E-state index is 0.0339. The first kappa shape index (κ1) is 43.9. The lowest BCUT2D eigenvalue weighted by Crippen LogP contribution is -2.52. The monoisotopic (exact) mass is 926 g/mol. The van der Waals surface area contributed by atoms with Crippen LogP contribution in [0, 0.1) is 17.8 Å². The van der Waals surface area contributed by atoms with Crippen molar-refractivity contribution in [3.05, 3.63) is 64.3 Å². The number of alkyl carbamates (subject to hydrolysis) is 2. The summed E-state index contributed by atoms with van der Waals surface area (Å²) < 4.78 is 22.3. The van der Waals surface area contributed by atoms with Crippen LogP contribution in [0.1, 0.15) is 83.2 Å². The number of carbonyl (C=O) groups is 4. The smallest absolute Gasteiger partial charge is 0.407 e. The molecule has 63 heavy (non-hydrogen) atoms. The van der Waals surface area contributed by atoms with Crippen molar-refractivity contribution in [2.24, 2.45) is 17.8 Å². The molecule has 8 rings (SSSR count). The van der Waals surface area contributed by atoms with Gasteiger partial charge >= 0.3 is 12.2 Å². The van der Waals surface area contributed by atoms with E-state index in [4.69, 9.17) is 28.9 Å². The topological polar surface area (TPSA) is 193 Å². The van der Waals surface area contributed by atoms with Gasteiger partial charge in [0.05, 0.1) is 43.9 Å². The number of rotatable bonds is 11. The van der Waals surface area contributed by atoms with Gasteiger partial charge in [-0.25, -0.2) is 19.6 Å². The van der Waals surface area contributed by atoms with E-state index in [2.05, 4.69) is 66.9 Å². The van der Waals surface area contributed by atoms with Crippen LogP contribution in [0.4, 0.5) is 9.59 Å². The van der Waals surface area contributed by atoms with Gasteiger partial charge in [-0.1, -0.05) is 45.9 Å². The van der Waals surface area contributed by atoms with Gasteiger partial charge in [-0.2, -0.15) is 0 Å². The third kappa shape index (κ3) is 8.32. The minimum Gasteiger partial charge on any atom is -0.488 e. The fourth-order valence-electron chi connectivity index (χ4n) is 9.47. The molecule has 2 unspecified atom stereocenters. The second-order valence-corrected chi connectivity index (χ2v) is 18.4. The van der Waals surface area contributed by atoms with Gasteiger partial charge in [-0.15, -0.1) is 0 Å². The molecule has 4 amide bonds. The number of likely N-dealkylation sites (tertiary alicyclic amines) is 2. The maximum Gasteiger partial charge on any atom is 0.407 e. The lowest BCUT2D eigenvalue weighted by molar-refractivity contribution is -0.137. The zero-order valence-corrected chi connectivity index (χ0v) is 38.4. The van der Waals surface area contributed by atoms with Gasteiger partial charge in [0.15, 0.2) is 0 Å². The third-order valence-electron chi connectivity index (χ3n) is 12.7. The molecular formula is C46H55BrN8O8. The van der Waals surface area contributed by atoms with Crippen LogP contribution in [0.2, 0.25) is 0 Å². The highest BCUT2D eigenvalue weighted by Crippen LogP contribution is 2.45. The highest BCUT2D eigenvalue weighted by molar-refractivity contribution is 9.10. The SMILES string of the molecule is COC[C@H]1CC(c2nc(-c3ccc4c(c3)COc3cc5c(ccc6[nH]c(C7CC[C@H](C)N7C(=O)[C@@H](NC(=O)OC)C(C)C)nc65)cc3-4)c(Br)[nH]2)N(C(=O)[C@@H](NC(=O)OC)C(C)C)C1. The van der Waals surface area contributed by atoms with E-state index in [0.717, 1.165) is 62.7 Å². The summed E-state index contributed by atoms with van der Waals surface area (Å²) in [5.74, 6) is 1.51. The predicted molar refractivity (Wildman–Crippen MR) is 240 cm³/mol. The molecule has 334 valence electrons. The Morgan fingerprint density at radius 1 is 0.857 bits per heavy atom. The highest BCUT2D eigenvalue weighted by atomic mass is 79.9. The number of benzene rings is 3. The van der Waals surface area contributed by atoms with Crippen molar-refractivity contribution in [3.8, 4) is 28.1 Å². The molecule has 5 aromatic rings. The van der Waals surface area contributed by atoms with Crippen molar-refractivity contribution in [2.45, 2.75) is 90.7 Å². The first-order valence-corrected chi connectivity index (χ1v) is 22.3. The quantitative estimate of drug-likeness (QED) is 0.102. The average Bonchev–Trinajstić information content (AvgIpc) is 4.08. The zero-order chi connectivity index (χ0) is 44.9. The molecule has 3 aliphatic heterocycles. The summed E-state index contributed by atoms with van der Waals surface area (Å²) >= 11 is 3.73. The Kier molecular flexibility index (Phi) is 12.4. The number of methoxy groups -OCH3 is 3. The molecule has 0 saturated carbocycles. The van der Waals surface area contributed by atoms with Crippen molar-refractivity contribution in [1.82, 2.24) is 40.4 Å². The van der Waals surface area contributed by atoms with Gasteiger partial charge < -0.3 is 49.3 Å². The summed E-state index contributed by atoms with van der Waals surface area (Å²) in [7, 11) is 4.23. The normalized spacial score (nSPS) is 20.4. The second-order valence-electron chi connectivity index (χ2n) is 17.6. The fourth-order valence-corrected chi connectivity index (χ4v) is 9.99. The molecule has 2 fully saturated rings. The molecule has 3 aliphatic rings. The molecule has 3 aromatic carbocycles. The average molecular weight is 928 g/mol. The van der Waals surface area contributed by atoms with E-state index in [1.807, 2.05) is 51.7 Å². The minimum atomic E-state index is -0.770. The standard InChI is InChI=1S/C46H55BrN8O8/c1-22(2)36(51-45(58)61-7)43(56)54-19-25(20-60-6)15-34(54)42-49-38(40(47)53-42)27-10-12-29-28(16-27)21-63-35-18-30-26(17-31(29)35)11-13-32-39(30)50-41(48-32)33-14-9-24(5)55(33)44(57)37(23(3)4)52-46(59)62-8/h10-13,16-18,22-25,33-34,36-37H,9,14-15,19-21H2,1-8H3,(H,48,50)(H,49,53)(H,51,58)(H,52,59)/t24-,25-,33?,34?,36-,37-/m0/s1. The maximum absolute atomic E-state index is 14.0. The molecule has 17 heteroatoms. The number of carbonyl (C=O) groups excluding carboxylic acids is 4. The van der Waals surface area contributed by atoms with Gasteiger partial charge in [0.2, 0.25) is 11.8 Å². The molecule has 0 aliphatic carbocycles. The highest BCUT2D eigenvalue weighted by Gasteiger charge is 2.43. The molecule has 0 radical (unpaired) electrons. The molecule has 2 aromatic heterocycles. The number of nitrogens with one attached hydrogen (secondary N) is 4. The van der Waals surface area contributed by atoms with E-state index in [1.165, 1.54) is 14.2 Å². The Bertz CT molecular complexity index is 2570. The Morgan fingerprint density at radius 3 is 2.24 bits per heavy atom. The second kappa shape index (κ2) is 17.8. The van der Waals surface area contributed by atoms with Crippen LogP contribution in [0.3, 0.4) is 0 Å². The van der Waals surface area contributed by atoms with Crippen LogP contribution in [0.5, 0.6) is 5.75 Å². The number of imidazole rings is 2. The first-order valence-electron chi connectivity index (χ1n) is 21.5. The van der Waals surface area contributed by atoms with Gasteiger partial charge in [0.1, 0.15) is 46.4 Å². The number of hydrogen-bond acceptors (Lipinski definition) is 10. The van der Waals surface area contributed by atoms with E-state index >= 15 is 0 Å². The number of amides is 4. The van der Waals surface area contributed by atoms with Crippen molar-refractivity contribution in [2.75, 3.05) is 34.5 Å². The zero-order valence-electron chi connectivity index (χ0n) is 36.8. The Balaban J connectivity index is 1.07. The summed E-state index contributed by atoms with van der Waals surface area (Å²) in [5, 5.41) is 7.39. The number of nitrogens with zero attached hydrogens (tertiary/aromatic N) is 4. The summed E-state index contributed by atoms with van der Waals surface area (Å²) in [6.45, 7) is 10.9. The lowest BCUT2D eigenvalue weighted by atomic mass is 9.92. The number of halogens is 1. The lowest BCUT2D eigenvalue weighted by Gasteiger charge is -2.32. The molecule has 4 N–H and O–H groups in total. The number of fused-ring (bicyclic) bond motifs is 6. The van der Waals surface area contributed by atoms with Gasteiger partial charge in [-0.05, 0) is 94.7 Å². The van der Waals surface area contributed by atoms with Gasteiger partial charge in [0, 0.05) is 42.1 Å². The van der Waals surface area contributed by atoms with Crippen molar-refractivity contribution >= 4 is 61.7 Å². The first-order chi connectivity index (χ1) is 30.2. The van der Waals surface area contributed by atoms with Crippen LogP contribution >= 0.6 is 15.9 Å². The largest absolute Gasteiger partial charge is 0.488 e. The molecule has 0 bridgehead atoms. The summed E-state index contributed by atoms with van der Waals surface area (Å²) in [5.41, 5.74) is 6.28. The van der Waals surface area contributed by atoms with E-state index in [1.54, 1.807) is 12.0 Å². The molecule has 16 nitrogen and oxygen atoms in total. The van der Waals surface area contributed by atoms with Gasteiger partial charge in [-0.3, -0.25) is 9.59 Å². The summed E-state index contributed by atoms with van der Waals surface area (Å²) in [4.78, 5) is 73.2. The van der Waals surface area contributed by atoms with E-state index < -0.39 is 24.3 Å². The molecule has 2 saturated heterocycles. The maximum atomic E-state index is 14.0.